The first kappa shape index (κ1) is 18.8. The zero-order chi connectivity index (χ0) is 17.6. The maximum Gasteiger partial charge on any atom is 0.332 e. The topological polar surface area (TPSA) is 36.9 Å². The Morgan fingerprint density at radius 1 is 1.00 bits per heavy atom. The van der Waals surface area contributed by atoms with Gasteiger partial charge in [-0.1, -0.05) is 0 Å². The summed E-state index contributed by atoms with van der Waals surface area (Å²) < 4.78 is 13.1. The zero-order valence-corrected chi connectivity index (χ0v) is 17.4. The van der Waals surface area contributed by atoms with E-state index in [0.717, 1.165) is 17.8 Å². The maximum atomic E-state index is 6.78. The normalized spacial score (nSPS) is 37.0. The monoisotopic (exact) mass is 356 g/mol. The van der Waals surface area contributed by atoms with Crippen LogP contribution in [0.1, 0.15) is 66.2 Å². The van der Waals surface area contributed by atoms with E-state index in [9.17, 15) is 0 Å². The van der Waals surface area contributed by atoms with Crippen LogP contribution in [-0.2, 0) is 18.6 Å². The quantitative estimate of drug-likeness (QED) is 0.372. The third-order valence-electron chi connectivity index (χ3n) is 5.54. The van der Waals surface area contributed by atoms with E-state index < -0.39 is 8.56 Å². The van der Waals surface area contributed by atoms with Gasteiger partial charge in [-0.2, -0.15) is 0 Å². The van der Waals surface area contributed by atoms with Gasteiger partial charge in [0.1, 0.15) is 6.61 Å². The van der Waals surface area contributed by atoms with Crippen molar-refractivity contribution in [2.75, 3.05) is 6.61 Å². The Labute approximate surface area is 148 Å². The van der Waals surface area contributed by atoms with Crippen molar-refractivity contribution < 1.29 is 18.6 Å². The van der Waals surface area contributed by atoms with Crippen molar-refractivity contribution >= 4 is 8.56 Å². The highest BCUT2D eigenvalue weighted by Gasteiger charge is 2.54. The van der Waals surface area contributed by atoms with Gasteiger partial charge in [0.25, 0.3) is 0 Å². The minimum Gasteiger partial charge on any atom is -0.389 e. The van der Waals surface area contributed by atoms with Crippen LogP contribution in [-0.4, -0.2) is 32.5 Å². The lowest BCUT2D eigenvalue weighted by Crippen LogP contribution is -2.57. The van der Waals surface area contributed by atoms with Crippen LogP contribution in [0.2, 0.25) is 13.1 Å². The molecule has 5 heteroatoms. The van der Waals surface area contributed by atoms with Crippen molar-refractivity contribution in [2.45, 2.75) is 96.6 Å². The summed E-state index contributed by atoms with van der Waals surface area (Å²) in [5.74, 6) is 2.71. The summed E-state index contributed by atoms with van der Waals surface area (Å²) >= 11 is 0. The van der Waals surface area contributed by atoms with Gasteiger partial charge in [-0.25, -0.2) is 9.78 Å². The van der Waals surface area contributed by atoms with E-state index in [-0.39, 0.29) is 17.3 Å². The summed E-state index contributed by atoms with van der Waals surface area (Å²) in [4.78, 5) is 10.7. The van der Waals surface area contributed by atoms with Crippen LogP contribution in [0.5, 0.6) is 0 Å². The van der Waals surface area contributed by atoms with Gasteiger partial charge >= 0.3 is 8.56 Å². The molecule has 0 radical (unpaired) electrons. The Balaban J connectivity index is 1.50. The van der Waals surface area contributed by atoms with Crippen LogP contribution in [0.15, 0.2) is 0 Å². The minimum absolute atomic E-state index is 0.0112. The van der Waals surface area contributed by atoms with Gasteiger partial charge in [0.2, 0.25) is 0 Å². The molecule has 4 fully saturated rings. The summed E-state index contributed by atoms with van der Waals surface area (Å²) in [5, 5.41) is 0. The Hall–Kier alpha value is 0.0569. The van der Waals surface area contributed by atoms with Crippen molar-refractivity contribution in [3.05, 3.63) is 0 Å². The lowest BCUT2D eigenvalue weighted by molar-refractivity contribution is -0.354. The van der Waals surface area contributed by atoms with E-state index in [2.05, 4.69) is 13.1 Å². The fourth-order valence-electron chi connectivity index (χ4n) is 5.53. The molecule has 0 saturated heterocycles. The Bertz CT molecular complexity index is 408. The summed E-state index contributed by atoms with van der Waals surface area (Å²) in [6, 6.07) is 0. The van der Waals surface area contributed by atoms with Gasteiger partial charge in [0, 0.05) is 0 Å². The van der Waals surface area contributed by atoms with Crippen LogP contribution in [0.25, 0.3) is 0 Å². The maximum absolute atomic E-state index is 6.78. The van der Waals surface area contributed by atoms with Crippen LogP contribution < -0.4 is 0 Å². The molecule has 4 aliphatic carbocycles. The van der Waals surface area contributed by atoms with Crippen LogP contribution in [0.3, 0.4) is 0 Å². The van der Waals surface area contributed by atoms with Gasteiger partial charge in [-0.05, 0) is 97.1 Å². The lowest BCUT2D eigenvalue weighted by atomic mass is 9.54. The fraction of sp³-hybridized carbons (Fsp3) is 1.00. The molecule has 4 aliphatic rings. The summed E-state index contributed by atoms with van der Waals surface area (Å²) in [5.41, 5.74) is -0.171. The van der Waals surface area contributed by atoms with E-state index in [0.29, 0.717) is 6.61 Å². The van der Waals surface area contributed by atoms with Crippen LogP contribution in [0, 0.1) is 17.8 Å². The van der Waals surface area contributed by atoms with Crippen molar-refractivity contribution in [1.29, 1.82) is 0 Å². The van der Waals surface area contributed by atoms with Crippen LogP contribution >= 0.6 is 0 Å². The standard InChI is InChI=1S/C19H36O4Si/c1-14(13-20-22-18(2,3)4)21-24(5,6)23-19-10-15-7-16(11-19)9-17(8-15)12-19/h14-17H,7-13H2,1-6H3. The van der Waals surface area contributed by atoms with E-state index in [1.54, 1.807) is 0 Å². The highest BCUT2D eigenvalue weighted by Crippen LogP contribution is 2.57. The summed E-state index contributed by atoms with van der Waals surface area (Å²) in [6.07, 6.45) is 8.10. The fourth-order valence-corrected chi connectivity index (χ4v) is 7.90. The molecule has 0 spiro atoms. The molecular formula is C19H36O4Si. The molecule has 0 aromatic carbocycles. The molecule has 1 unspecified atom stereocenters. The van der Waals surface area contributed by atoms with E-state index >= 15 is 0 Å². The number of hydrogen-bond acceptors (Lipinski definition) is 4. The second-order valence-corrected chi connectivity index (χ2v) is 13.3. The predicted octanol–water partition coefficient (Wildman–Crippen LogP) is 4.83. The minimum atomic E-state index is -2.18. The van der Waals surface area contributed by atoms with Crippen molar-refractivity contribution in [3.63, 3.8) is 0 Å². The van der Waals surface area contributed by atoms with Crippen molar-refractivity contribution in [1.82, 2.24) is 0 Å². The first-order chi connectivity index (χ1) is 11.0. The van der Waals surface area contributed by atoms with Gasteiger partial charge in [0.05, 0.1) is 17.3 Å². The van der Waals surface area contributed by atoms with Gasteiger partial charge in [-0.3, -0.25) is 0 Å². The van der Waals surface area contributed by atoms with Crippen molar-refractivity contribution in [2.24, 2.45) is 17.8 Å². The van der Waals surface area contributed by atoms with E-state index in [1.807, 2.05) is 27.7 Å². The summed E-state index contributed by atoms with van der Waals surface area (Å²) in [7, 11) is -2.18. The van der Waals surface area contributed by atoms with Gasteiger partial charge in [-0.15, -0.1) is 0 Å². The summed E-state index contributed by atoms with van der Waals surface area (Å²) in [6.45, 7) is 12.8. The predicted molar refractivity (Wildman–Crippen MR) is 96.8 cm³/mol. The molecule has 0 aliphatic heterocycles. The largest absolute Gasteiger partial charge is 0.389 e. The van der Waals surface area contributed by atoms with Crippen LogP contribution in [0.4, 0.5) is 0 Å². The molecule has 24 heavy (non-hydrogen) atoms. The molecule has 140 valence electrons. The Morgan fingerprint density at radius 2 is 1.50 bits per heavy atom. The molecule has 0 aromatic heterocycles. The molecule has 1 atom stereocenters. The highest BCUT2D eigenvalue weighted by molar-refractivity contribution is 6.64. The third-order valence-corrected chi connectivity index (χ3v) is 7.44. The molecular weight excluding hydrogens is 320 g/mol. The molecule has 4 rings (SSSR count). The highest BCUT2D eigenvalue weighted by atomic mass is 28.4. The second kappa shape index (κ2) is 6.65. The van der Waals surface area contributed by atoms with Gasteiger partial charge in [0.15, 0.2) is 0 Å². The first-order valence-electron chi connectivity index (χ1n) is 9.73. The average Bonchev–Trinajstić information content (AvgIpc) is 2.32. The second-order valence-electron chi connectivity index (χ2n) is 10.0. The molecule has 4 bridgehead atoms. The third kappa shape index (κ3) is 4.82. The Kier molecular flexibility index (Phi) is 5.22. The number of hydrogen-bond donors (Lipinski definition) is 0. The molecule has 4 nitrogen and oxygen atoms in total. The smallest absolute Gasteiger partial charge is 0.332 e. The van der Waals surface area contributed by atoms with Gasteiger partial charge < -0.3 is 8.85 Å². The van der Waals surface area contributed by atoms with E-state index in [1.165, 1.54) is 38.5 Å². The average molecular weight is 357 g/mol. The molecule has 0 N–H and O–H groups in total. The molecule has 0 aromatic rings. The Morgan fingerprint density at radius 3 is 1.96 bits per heavy atom. The first-order valence-corrected chi connectivity index (χ1v) is 12.5. The molecule has 4 saturated carbocycles. The number of rotatable bonds is 7. The van der Waals surface area contributed by atoms with E-state index in [4.69, 9.17) is 18.6 Å². The molecule has 0 amide bonds. The zero-order valence-electron chi connectivity index (χ0n) is 16.4. The SMILES string of the molecule is CC(COOC(C)(C)C)O[Si](C)(C)OC12CC3CC(CC(C3)C1)C2. The van der Waals surface area contributed by atoms with Crippen molar-refractivity contribution in [3.8, 4) is 0 Å². The molecule has 0 heterocycles. The lowest BCUT2D eigenvalue weighted by Gasteiger charge is -2.58.